The summed E-state index contributed by atoms with van der Waals surface area (Å²) in [6.07, 6.45) is 11.0. The molecule has 0 bridgehead atoms. The van der Waals surface area contributed by atoms with Crippen LogP contribution >= 0.6 is 24.0 Å². The quantitative estimate of drug-likeness (QED) is 0.372. The van der Waals surface area contributed by atoms with Crippen LogP contribution in [0.15, 0.2) is 4.99 Å². The van der Waals surface area contributed by atoms with Gasteiger partial charge in [0.15, 0.2) is 5.96 Å². The Morgan fingerprint density at radius 3 is 2.42 bits per heavy atom. The molecule has 1 saturated heterocycles. The number of carbonyl (C=O) groups excluding carboxylic acids is 1. The predicted molar refractivity (Wildman–Crippen MR) is 118 cm³/mol. The Morgan fingerprint density at radius 2 is 1.77 bits per heavy atom. The molecule has 1 amide bonds. The zero-order valence-corrected chi connectivity index (χ0v) is 18.8. The maximum atomic E-state index is 12.6. The number of nitrogens with zero attached hydrogens (tertiary/aromatic N) is 2. The zero-order chi connectivity index (χ0) is 17.6. The van der Waals surface area contributed by atoms with Crippen LogP contribution in [-0.2, 0) is 4.79 Å². The first-order valence-corrected chi connectivity index (χ1v) is 10.4. The number of hydrogen-bond acceptors (Lipinski definition) is 2. The van der Waals surface area contributed by atoms with E-state index in [9.17, 15) is 4.79 Å². The Hall–Kier alpha value is -0.530. The van der Waals surface area contributed by atoms with Gasteiger partial charge in [0.05, 0.1) is 0 Å². The molecule has 1 unspecified atom stereocenters. The minimum absolute atomic E-state index is 0. The molecule has 0 radical (unpaired) electrons. The summed E-state index contributed by atoms with van der Waals surface area (Å²) in [6.45, 7) is 5.11. The summed E-state index contributed by atoms with van der Waals surface area (Å²) in [5.41, 5.74) is 0. The Kier molecular flexibility index (Phi) is 8.97. The van der Waals surface area contributed by atoms with Crippen molar-refractivity contribution in [2.75, 3.05) is 26.7 Å². The van der Waals surface area contributed by atoms with Gasteiger partial charge in [0.2, 0.25) is 5.91 Å². The fourth-order valence-corrected chi connectivity index (χ4v) is 4.67. The van der Waals surface area contributed by atoms with E-state index in [1.165, 1.54) is 38.5 Å². The molecule has 3 rings (SSSR count). The highest BCUT2D eigenvalue weighted by atomic mass is 127. The molecule has 6 heteroatoms. The lowest BCUT2D eigenvalue weighted by atomic mass is 9.83. The Balaban J connectivity index is 0.00000243. The first-order valence-electron chi connectivity index (χ1n) is 10.4. The van der Waals surface area contributed by atoms with E-state index in [0.29, 0.717) is 17.9 Å². The molecule has 2 aliphatic carbocycles. The summed E-state index contributed by atoms with van der Waals surface area (Å²) < 4.78 is 0. The number of guanidine groups is 1. The van der Waals surface area contributed by atoms with Gasteiger partial charge in [-0.15, -0.1) is 24.0 Å². The number of likely N-dealkylation sites (tertiary alicyclic amines) is 1. The highest BCUT2D eigenvalue weighted by molar-refractivity contribution is 14.0. The number of nitrogens with one attached hydrogen (secondary N) is 2. The molecule has 2 N–H and O–H groups in total. The molecule has 150 valence electrons. The average molecular weight is 476 g/mol. The van der Waals surface area contributed by atoms with E-state index < -0.39 is 0 Å². The molecule has 26 heavy (non-hydrogen) atoms. The van der Waals surface area contributed by atoms with Gasteiger partial charge in [-0.2, -0.15) is 0 Å². The van der Waals surface area contributed by atoms with Crippen molar-refractivity contribution in [3.63, 3.8) is 0 Å². The van der Waals surface area contributed by atoms with Gasteiger partial charge in [0.25, 0.3) is 0 Å². The Morgan fingerprint density at radius 1 is 1.08 bits per heavy atom. The maximum Gasteiger partial charge on any atom is 0.225 e. The lowest BCUT2D eigenvalue weighted by molar-refractivity contribution is -0.134. The fraction of sp³-hybridized carbons (Fsp3) is 0.900. The van der Waals surface area contributed by atoms with E-state index in [1.54, 1.807) is 0 Å². The number of hydrogen-bond donors (Lipinski definition) is 2. The van der Waals surface area contributed by atoms with Crippen molar-refractivity contribution in [3.05, 3.63) is 0 Å². The van der Waals surface area contributed by atoms with Crippen LogP contribution in [0.4, 0.5) is 0 Å². The van der Waals surface area contributed by atoms with E-state index >= 15 is 0 Å². The third-order valence-electron chi connectivity index (χ3n) is 6.46. The van der Waals surface area contributed by atoms with Crippen LogP contribution in [0.5, 0.6) is 0 Å². The lowest BCUT2D eigenvalue weighted by Gasteiger charge is -2.27. The van der Waals surface area contributed by atoms with Gasteiger partial charge < -0.3 is 15.5 Å². The first kappa shape index (κ1) is 21.8. The van der Waals surface area contributed by atoms with E-state index in [4.69, 9.17) is 0 Å². The minimum atomic E-state index is 0. The smallest absolute Gasteiger partial charge is 0.225 e. The molecule has 5 nitrogen and oxygen atoms in total. The molecule has 0 spiro atoms. The van der Waals surface area contributed by atoms with E-state index in [-0.39, 0.29) is 24.0 Å². The lowest BCUT2D eigenvalue weighted by Crippen LogP contribution is -2.46. The second-order valence-corrected chi connectivity index (χ2v) is 8.47. The van der Waals surface area contributed by atoms with Gasteiger partial charge in [-0.3, -0.25) is 9.79 Å². The Labute approximate surface area is 176 Å². The summed E-state index contributed by atoms with van der Waals surface area (Å²) in [6, 6.07) is 0.336. The molecule has 3 fully saturated rings. The highest BCUT2D eigenvalue weighted by Gasteiger charge is 2.32. The van der Waals surface area contributed by atoms with Crippen LogP contribution in [0.2, 0.25) is 0 Å². The van der Waals surface area contributed by atoms with Crippen molar-refractivity contribution in [2.45, 2.75) is 70.8 Å². The van der Waals surface area contributed by atoms with Crippen molar-refractivity contribution in [1.29, 1.82) is 0 Å². The second-order valence-electron chi connectivity index (χ2n) is 8.47. The summed E-state index contributed by atoms with van der Waals surface area (Å²) in [4.78, 5) is 19.0. The molecular weight excluding hydrogens is 439 g/mol. The minimum Gasteiger partial charge on any atom is -0.356 e. The van der Waals surface area contributed by atoms with Crippen LogP contribution in [0.3, 0.4) is 0 Å². The van der Waals surface area contributed by atoms with Gasteiger partial charge >= 0.3 is 0 Å². The van der Waals surface area contributed by atoms with Crippen molar-refractivity contribution < 1.29 is 4.79 Å². The second kappa shape index (κ2) is 10.7. The van der Waals surface area contributed by atoms with E-state index in [2.05, 4.69) is 27.4 Å². The van der Waals surface area contributed by atoms with Crippen molar-refractivity contribution >= 4 is 35.8 Å². The molecule has 0 aromatic heterocycles. The summed E-state index contributed by atoms with van der Waals surface area (Å²) in [7, 11) is 1.84. The maximum absolute atomic E-state index is 12.6. The Bertz CT molecular complexity index is 470. The van der Waals surface area contributed by atoms with Gasteiger partial charge in [0.1, 0.15) is 0 Å². The third kappa shape index (κ3) is 5.99. The molecule has 2 saturated carbocycles. The van der Waals surface area contributed by atoms with Crippen LogP contribution in [0.25, 0.3) is 0 Å². The molecule has 3 aliphatic rings. The topological polar surface area (TPSA) is 56.7 Å². The molecule has 1 aliphatic heterocycles. The molecule has 1 heterocycles. The van der Waals surface area contributed by atoms with Gasteiger partial charge in [-0.1, -0.05) is 32.6 Å². The molecule has 0 aromatic rings. The van der Waals surface area contributed by atoms with Crippen LogP contribution in [-0.4, -0.2) is 49.5 Å². The van der Waals surface area contributed by atoms with Gasteiger partial charge in [-0.25, -0.2) is 0 Å². The normalized spacial score (nSPS) is 30.2. The van der Waals surface area contributed by atoms with Crippen molar-refractivity contribution in [2.24, 2.45) is 22.7 Å². The third-order valence-corrected chi connectivity index (χ3v) is 6.46. The summed E-state index contributed by atoms with van der Waals surface area (Å²) in [5, 5.41) is 7.05. The first-order chi connectivity index (χ1) is 12.2. The number of rotatable bonds is 4. The van der Waals surface area contributed by atoms with Crippen molar-refractivity contribution in [3.8, 4) is 0 Å². The van der Waals surface area contributed by atoms with E-state index in [0.717, 1.165) is 56.7 Å². The van der Waals surface area contributed by atoms with Crippen LogP contribution in [0, 0.1) is 17.8 Å². The highest BCUT2D eigenvalue weighted by Crippen LogP contribution is 2.28. The monoisotopic (exact) mass is 476 g/mol. The molecule has 1 atom stereocenters. The largest absolute Gasteiger partial charge is 0.356 e. The standard InChI is InChI=1S/C20H36N4O.HI/c1-15-7-9-16(10-8-15)13-22-20(21-2)23-18-11-12-24(14-18)19(25)17-5-3-4-6-17;/h15-18H,3-14H2,1-2H3,(H2,21,22,23);1H. The van der Waals surface area contributed by atoms with Gasteiger partial charge in [0, 0.05) is 38.6 Å². The number of halogens is 1. The zero-order valence-electron chi connectivity index (χ0n) is 16.5. The SMILES string of the molecule is CN=C(NCC1CCC(C)CC1)NC1CCN(C(=O)C2CCCC2)C1.I. The van der Waals surface area contributed by atoms with Gasteiger partial charge in [-0.05, 0) is 43.9 Å². The van der Waals surface area contributed by atoms with Crippen molar-refractivity contribution in [1.82, 2.24) is 15.5 Å². The molecular formula is C20H37IN4O. The fourth-order valence-electron chi connectivity index (χ4n) is 4.67. The number of amides is 1. The average Bonchev–Trinajstić information content (AvgIpc) is 3.31. The number of aliphatic imine (C=N–C) groups is 1. The van der Waals surface area contributed by atoms with Crippen LogP contribution < -0.4 is 10.6 Å². The predicted octanol–water partition coefficient (Wildman–Crippen LogP) is 3.39. The van der Waals surface area contributed by atoms with E-state index in [1.807, 2.05) is 7.05 Å². The van der Waals surface area contributed by atoms with Crippen LogP contribution in [0.1, 0.15) is 64.7 Å². The summed E-state index contributed by atoms with van der Waals surface area (Å²) >= 11 is 0. The number of carbonyl (C=O) groups is 1. The summed E-state index contributed by atoms with van der Waals surface area (Å²) in [5.74, 6) is 3.26. The molecule has 0 aromatic carbocycles.